The summed E-state index contributed by atoms with van der Waals surface area (Å²) in [5.74, 6) is -0.103. The van der Waals surface area contributed by atoms with Crippen LogP contribution in [0.1, 0.15) is 31.7 Å². The van der Waals surface area contributed by atoms with Crippen LogP contribution in [0.3, 0.4) is 0 Å². The van der Waals surface area contributed by atoms with Crippen molar-refractivity contribution in [2.75, 3.05) is 0 Å². The largest absolute Gasteiger partial charge is 0.481 e. The topological polar surface area (TPSA) is 55.1 Å². The van der Waals surface area contributed by atoms with E-state index in [0.717, 1.165) is 18.5 Å². The minimum Gasteiger partial charge on any atom is -0.481 e. The number of aliphatic carboxylic acids is 1. The molecule has 15 heavy (non-hydrogen) atoms. The fourth-order valence-electron chi connectivity index (χ4n) is 1.88. The molecule has 0 amide bonds. The minimum atomic E-state index is -0.684. The summed E-state index contributed by atoms with van der Waals surface area (Å²) in [5, 5.41) is 13.0. The molecule has 1 heterocycles. The first-order valence-corrected chi connectivity index (χ1v) is 5.33. The van der Waals surface area contributed by atoms with Gasteiger partial charge in [-0.1, -0.05) is 13.8 Å². The van der Waals surface area contributed by atoms with E-state index in [1.54, 1.807) is 6.20 Å². The molecule has 1 saturated carbocycles. The summed E-state index contributed by atoms with van der Waals surface area (Å²) in [7, 11) is 0. The van der Waals surface area contributed by atoms with E-state index in [2.05, 4.69) is 18.9 Å². The van der Waals surface area contributed by atoms with Crippen LogP contribution in [-0.2, 0) is 11.3 Å². The molecule has 0 bridgehead atoms. The summed E-state index contributed by atoms with van der Waals surface area (Å²) >= 11 is 0. The molecule has 0 aliphatic heterocycles. The molecule has 0 unspecified atom stereocenters. The van der Waals surface area contributed by atoms with Gasteiger partial charge in [-0.2, -0.15) is 5.10 Å². The molecule has 1 fully saturated rings. The highest BCUT2D eigenvalue weighted by molar-refractivity contribution is 5.75. The van der Waals surface area contributed by atoms with Gasteiger partial charge in [-0.25, -0.2) is 0 Å². The van der Waals surface area contributed by atoms with Gasteiger partial charge in [-0.05, 0) is 17.9 Å². The average Bonchev–Trinajstić information content (AvgIpc) is 2.81. The number of carbonyl (C=O) groups is 1. The number of hydrogen-bond donors (Lipinski definition) is 1. The molecular formula is C11H16N2O2. The van der Waals surface area contributed by atoms with Gasteiger partial charge in [0.15, 0.2) is 0 Å². The Labute approximate surface area is 88.9 Å². The predicted molar refractivity (Wildman–Crippen MR) is 55.5 cm³/mol. The van der Waals surface area contributed by atoms with Crippen molar-refractivity contribution < 1.29 is 9.90 Å². The standard InChI is InChI=1S/C11H16N2O2/c1-7(2)5-13-6-8(4-12-13)9-3-10(9)11(14)15/h4,6-7,9-10H,3,5H2,1-2H3,(H,14,15)/t9-,10+/m0/s1. The Kier molecular flexibility index (Phi) is 2.50. The summed E-state index contributed by atoms with van der Waals surface area (Å²) in [6, 6.07) is 0. The molecule has 4 heteroatoms. The number of nitrogens with zero attached hydrogens (tertiary/aromatic N) is 2. The molecule has 82 valence electrons. The second-order valence-electron chi connectivity index (χ2n) is 4.68. The van der Waals surface area contributed by atoms with E-state index in [1.165, 1.54) is 0 Å². The second-order valence-corrected chi connectivity index (χ2v) is 4.68. The van der Waals surface area contributed by atoms with Crippen molar-refractivity contribution in [3.05, 3.63) is 18.0 Å². The maximum Gasteiger partial charge on any atom is 0.307 e. The Morgan fingerprint density at radius 2 is 2.47 bits per heavy atom. The summed E-state index contributed by atoms with van der Waals surface area (Å²) in [5.41, 5.74) is 1.07. The summed E-state index contributed by atoms with van der Waals surface area (Å²) in [6.45, 7) is 5.17. The monoisotopic (exact) mass is 208 g/mol. The zero-order valence-corrected chi connectivity index (χ0v) is 9.05. The molecule has 2 rings (SSSR count). The number of hydrogen-bond acceptors (Lipinski definition) is 2. The van der Waals surface area contributed by atoms with Crippen molar-refractivity contribution in [3.8, 4) is 0 Å². The van der Waals surface area contributed by atoms with E-state index in [4.69, 9.17) is 5.11 Å². The van der Waals surface area contributed by atoms with Gasteiger partial charge >= 0.3 is 5.97 Å². The van der Waals surface area contributed by atoms with Crippen molar-refractivity contribution in [2.24, 2.45) is 11.8 Å². The van der Waals surface area contributed by atoms with E-state index in [1.807, 2.05) is 10.9 Å². The van der Waals surface area contributed by atoms with Crippen LogP contribution in [0.2, 0.25) is 0 Å². The van der Waals surface area contributed by atoms with Gasteiger partial charge in [-0.15, -0.1) is 0 Å². The summed E-state index contributed by atoms with van der Waals surface area (Å²) in [4.78, 5) is 10.7. The maximum absolute atomic E-state index is 10.7. The Bertz CT molecular complexity index is 370. The molecule has 1 aromatic rings. The molecule has 4 nitrogen and oxygen atoms in total. The van der Waals surface area contributed by atoms with Gasteiger partial charge in [0, 0.05) is 18.7 Å². The van der Waals surface area contributed by atoms with Crippen LogP contribution in [0.4, 0.5) is 0 Å². The van der Waals surface area contributed by atoms with Gasteiger partial charge in [0.1, 0.15) is 0 Å². The molecule has 0 aromatic carbocycles. The number of rotatable bonds is 4. The lowest BCUT2D eigenvalue weighted by atomic mass is 10.2. The smallest absolute Gasteiger partial charge is 0.307 e. The third kappa shape index (κ3) is 2.19. The van der Waals surface area contributed by atoms with Crippen LogP contribution in [0.5, 0.6) is 0 Å². The van der Waals surface area contributed by atoms with Gasteiger partial charge in [0.2, 0.25) is 0 Å². The van der Waals surface area contributed by atoms with Gasteiger partial charge in [0.25, 0.3) is 0 Å². The first kappa shape index (κ1) is 10.2. The first-order valence-electron chi connectivity index (χ1n) is 5.33. The first-order chi connectivity index (χ1) is 7.08. The number of aromatic nitrogens is 2. The molecule has 1 aliphatic rings. The zero-order chi connectivity index (χ0) is 11.0. The van der Waals surface area contributed by atoms with Crippen LogP contribution in [-0.4, -0.2) is 20.9 Å². The lowest BCUT2D eigenvalue weighted by molar-refractivity contribution is -0.138. The Hall–Kier alpha value is -1.32. The SMILES string of the molecule is CC(C)Cn1cc([C@@H]2C[C@H]2C(=O)O)cn1. The predicted octanol–water partition coefficient (Wildman–Crippen LogP) is 1.73. The highest BCUT2D eigenvalue weighted by Crippen LogP contribution is 2.47. The van der Waals surface area contributed by atoms with Crippen LogP contribution in [0, 0.1) is 11.8 Å². The summed E-state index contributed by atoms with van der Waals surface area (Å²) in [6.07, 6.45) is 4.55. The maximum atomic E-state index is 10.7. The van der Waals surface area contributed by atoms with Crippen LogP contribution < -0.4 is 0 Å². The fourth-order valence-corrected chi connectivity index (χ4v) is 1.88. The normalized spacial score (nSPS) is 24.5. The van der Waals surface area contributed by atoms with Crippen molar-refractivity contribution in [1.29, 1.82) is 0 Å². The van der Waals surface area contributed by atoms with Crippen molar-refractivity contribution >= 4 is 5.97 Å². The highest BCUT2D eigenvalue weighted by atomic mass is 16.4. The van der Waals surface area contributed by atoms with Crippen molar-refractivity contribution in [1.82, 2.24) is 9.78 Å². The van der Waals surface area contributed by atoms with Crippen LogP contribution in [0.25, 0.3) is 0 Å². The summed E-state index contributed by atoms with van der Waals surface area (Å²) < 4.78 is 1.90. The van der Waals surface area contributed by atoms with E-state index >= 15 is 0 Å². The lowest BCUT2D eigenvalue weighted by Crippen LogP contribution is -2.04. The quantitative estimate of drug-likeness (QED) is 0.819. The molecule has 0 radical (unpaired) electrons. The minimum absolute atomic E-state index is 0.179. The fraction of sp³-hybridized carbons (Fsp3) is 0.636. The second kappa shape index (κ2) is 3.68. The van der Waals surface area contributed by atoms with Gasteiger partial charge in [0.05, 0.1) is 12.1 Å². The van der Waals surface area contributed by atoms with Gasteiger partial charge in [-0.3, -0.25) is 9.48 Å². The number of carboxylic acid groups (broad SMARTS) is 1. The molecule has 0 spiro atoms. The van der Waals surface area contributed by atoms with E-state index < -0.39 is 5.97 Å². The van der Waals surface area contributed by atoms with Gasteiger partial charge < -0.3 is 5.11 Å². The molecule has 1 N–H and O–H groups in total. The van der Waals surface area contributed by atoms with Crippen LogP contribution in [0.15, 0.2) is 12.4 Å². The van der Waals surface area contributed by atoms with E-state index in [0.29, 0.717) is 5.92 Å². The molecule has 2 atom stereocenters. The third-order valence-electron chi connectivity index (χ3n) is 2.74. The molecular weight excluding hydrogens is 192 g/mol. The Morgan fingerprint density at radius 1 is 1.73 bits per heavy atom. The van der Waals surface area contributed by atoms with E-state index in [9.17, 15) is 4.79 Å². The van der Waals surface area contributed by atoms with E-state index in [-0.39, 0.29) is 11.8 Å². The third-order valence-corrected chi connectivity index (χ3v) is 2.74. The number of carboxylic acids is 1. The Morgan fingerprint density at radius 3 is 3.00 bits per heavy atom. The van der Waals surface area contributed by atoms with Crippen molar-refractivity contribution in [3.63, 3.8) is 0 Å². The van der Waals surface area contributed by atoms with Crippen molar-refractivity contribution in [2.45, 2.75) is 32.7 Å². The highest BCUT2D eigenvalue weighted by Gasteiger charge is 2.44. The average molecular weight is 208 g/mol. The molecule has 1 aliphatic carbocycles. The zero-order valence-electron chi connectivity index (χ0n) is 9.05. The molecule has 1 aromatic heterocycles. The molecule has 0 saturated heterocycles. The Balaban J connectivity index is 2.00. The van der Waals surface area contributed by atoms with Crippen LogP contribution >= 0.6 is 0 Å². The lowest BCUT2D eigenvalue weighted by Gasteiger charge is -2.03.